The predicted octanol–water partition coefficient (Wildman–Crippen LogP) is 5.27. The van der Waals surface area contributed by atoms with Gasteiger partial charge in [0.15, 0.2) is 5.79 Å². The SMILES string of the molecule is CCCCCC1(CCCCC)O[C@@H]2[C@@H](C=C(C(=O)NCCC(=O)N[C@H](CO)CCC(=O)OC(C)(C)C)C[C@H]2OC(=O)c2ccccc2C=COCCO)O1. The number of ether oxygens (including phenoxy) is 5. The summed E-state index contributed by atoms with van der Waals surface area (Å²) in [5, 5.41) is 24.3. The van der Waals surface area contributed by atoms with Crippen molar-refractivity contribution in [2.24, 2.45) is 0 Å². The Bertz CT molecular complexity index is 1410. The molecule has 54 heavy (non-hydrogen) atoms. The monoisotopic (exact) mass is 758 g/mol. The summed E-state index contributed by atoms with van der Waals surface area (Å²) in [6.07, 6.45) is 10.2. The van der Waals surface area contributed by atoms with E-state index in [0.29, 0.717) is 29.5 Å². The molecule has 0 aromatic heterocycles. The van der Waals surface area contributed by atoms with Crippen LogP contribution < -0.4 is 10.6 Å². The minimum atomic E-state index is -0.873. The Balaban J connectivity index is 1.73. The van der Waals surface area contributed by atoms with Gasteiger partial charge in [-0.1, -0.05) is 57.7 Å². The summed E-state index contributed by atoms with van der Waals surface area (Å²) >= 11 is 0. The fraction of sp³-hybridized carbons (Fsp3) is 0.659. The summed E-state index contributed by atoms with van der Waals surface area (Å²) < 4.78 is 30.1. The van der Waals surface area contributed by atoms with Gasteiger partial charge in [-0.15, -0.1) is 0 Å². The van der Waals surface area contributed by atoms with Crippen LogP contribution in [-0.2, 0) is 38.1 Å². The Morgan fingerprint density at radius 3 is 2.35 bits per heavy atom. The lowest BCUT2D eigenvalue weighted by molar-refractivity contribution is -0.190. The third-order valence-electron chi connectivity index (χ3n) is 9.12. The second-order valence-corrected chi connectivity index (χ2v) is 14.9. The summed E-state index contributed by atoms with van der Waals surface area (Å²) in [6.45, 7) is 9.20. The normalized spacial score (nSPS) is 19.8. The lowest BCUT2D eigenvalue weighted by atomic mass is 9.91. The molecule has 0 radical (unpaired) electrons. The average molecular weight is 759 g/mol. The molecule has 2 aliphatic rings. The zero-order valence-corrected chi connectivity index (χ0v) is 32.7. The molecule has 13 nitrogen and oxygen atoms in total. The van der Waals surface area contributed by atoms with Crippen LogP contribution in [0.15, 0.2) is 42.2 Å². The highest BCUT2D eigenvalue weighted by Gasteiger charge is 2.52. The Hall–Kier alpha value is -3.78. The maximum atomic E-state index is 13.7. The van der Waals surface area contributed by atoms with Gasteiger partial charge in [-0.25, -0.2) is 4.79 Å². The third kappa shape index (κ3) is 14.8. The van der Waals surface area contributed by atoms with Gasteiger partial charge in [-0.2, -0.15) is 0 Å². The molecule has 0 saturated carbocycles. The quantitative estimate of drug-likeness (QED) is 0.0650. The first-order valence-corrected chi connectivity index (χ1v) is 19.5. The molecular formula is C41H62N2O11. The van der Waals surface area contributed by atoms with Gasteiger partial charge in [0.1, 0.15) is 30.5 Å². The number of hydrogen-bond acceptors (Lipinski definition) is 11. The van der Waals surface area contributed by atoms with E-state index >= 15 is 0 Å². The second kappa shape index (κ2) is 22.6. The highest BCUT2D eigenvalue weighted by Crippen LogP contribution is 2.43. The highest BCUT2D eigenvalue weighted by atomic mass is 16.8. The summed E-state index contributed by atoms with van der Waals surface area (Å²) in [5.41, 5.74) is 0.581. The summed E-state index contributed by atoms with van der Waals surface area (Å²) in [7, 11) is 0. The van der Waals surface area contributed by atoms with Crippen molar-refractivity contribution in [3.8, 4) is 0 Å². The summed E-state index contributed by atoms with van der Waals surface area (Å²) in [6, 6.07) is 6.27. The number of carbonyl (C=O) groups is 4. The van der Waals surface area contributed by atoms with Crippen molar-refractivity contribution in [3.05, 3.63) is 53.3 Å². The first-order valence-electron chi connectivity index (χ1n) is 19.5. The molecule has 0 bridgehead atoms. The van der Waals surface area contributed by atoms with Crippen molar-refractivity contribution in [2.75, 3.05) is 26.4 Å². The van der Waals surface area contributed by atoms with Crippen molar-refractivity contribution in [3.63, 3.8) is 0 Å². The van der Waals surface area contributed by atoms with Crippen molar-refractivity contribution in [1.82, 2.24) is 10.6 Å². The van der Waals surface area contributed by atoms with Crippen LogP contribution in [0, 0.1) is 0 Å². The van der Waals surface area contributed by atoms with Crippen molar-refractivity contribution in [2.45, 2.75) is 147 Å². The number of aliphatic hydroxyl groups excluding tert-OH is 2. The van der Waals surface area contributed by atoms with E-state index in [0.717, 1.165) is 38.5 Å². The lowest BCUT2D eigenvalue weighted by Crippen LogP contribution is -2.44. The molecule has 4 atom stereocenters. The molecule has 1 aliphatic carbocycles. The van der Waals surface area contributed by atoms with E-state index in [1.165, 1.54) is 6.26 Å². The van der Waals surface area contributed by atoms with Crippen LogP contribution in [0.1, 0.15) is 128 Å². The molecule has 302 valence electrons. The van der Waals surface area contributed by atoms with E-state index in [-0.39, 0.29) is 52.0 Å². The van der Waals surface area contributed by atoms with Crippen molar-refractivity contribution in [1.29, 1.82) is 0 Å². The predicted molar refractivity (Wildman–Crippen MR) is 203 cm³/mol. The van der Waals surface area contributed by atoms with E-state index in [1.54, 1.807) is 57.2 Å². The van der Waals surface area contributed by atoms with E-state index in [4.69, 9.17) is 28.8 Å². The molecule has 0 spiro atoms. The molecule has 1 aliphatic heterocycles. The number of hydrogen-bond donors (Lipinski definition) is 4. The van der Waals surface area contributed by atoms with Crippen LogP contribution in [0.3, 0.4) is 0 Å². The van der Waals surface area contributed by atoms with Gasteiger partial charge in [0.05, 0.1) is 31.1 Å². The number of nitrogens with one attached hydrogen (secondary N) is 2. The number of unbranched alkanes of at least 4 members (excludes halogenated alkanes) is 4. The standard InChI is InChI=1S/C41H62N2O11/c1-6-8-12-20-41(21-13-9-7-2)52-34-27-30(38(48)42-22-18-35(46)43-31(28-45)16-17-36(47)53-40(3,4)5)26-33(37(34)54-41)51-39(49)32-15-11-10-14-29(32)19-24-50-25-23-44/h10-11,14-15,19,24,27,31,33-34,37,44-45H,6-9,12-13,16-18,20-23,25-26,28H2,1-5H3,(H,42,48)(H,43,46)/t31-,33+,34+,37-/m0/s1. The second-order valence-electron chi connectivity index (χ2n) is 14.9. The van der Waals surface area contributed by atoms with Crippen LogP contribution in [0.2, 0.25) is 0 Å². The molecule has 1 aromatic carbocycles. The van der Waals surface area contributed by atoms with Crippen LogP contribution in [0.25, 0.3) is 6.08 Å². The van der Waals surface area contributed by atoms with E-state index in [1.807, 2.05) is 0 Å². The number of benzene rings is 1. The fourth-order valence-corrected chi connectivity index (χ4v) is 6.47. The van der Waals surface area contributed by atoms with Crippen LogP contribution in [0.4, 0.5) is 0 Å². The van der Waals surface area contributed by atoms with E-state index in [9.17, 15) is 24.3 Å². The van der Waals surface area contributed by atoms with Crippen LogP contribution in [-0.4, -0.2) is 96.1 Å². The highest BCUT2D eigenvalue weighted by molar-refractivity contribution is 5.95. The molecule has 2 amide bonds. The van der Waals surface area contributed by atoms with Gasteiger partial charge >= 0.3 is 11.9 Å². The molecule has 4 N–H and O–H groups in total. The van der Waals surface area contributed by atoms with Gasteiger partial charge < -0.3 is 44.5 Å². The lowest BCUT2D eigenvalue weighted by Gasteiger charge is -2.31. The number of carbonyl (C=O) groups excluding carboxylic acids is 4. The first-order chi connectivity index (χ1) is 25.8. The number of fused-ring (bicyclic) bond motifs is 1. The smallest absolute Gasteiger partial charge is 0.339 e. The van der Waals surface area contributed by atoms with E-state index in [2.05, 4.69) is 24.5 Å². The molecule has 1 fully saturated rings. The van der Waals surface area contributed by atoms with Crippen molar-refractivity contribution >= 4 is 29.8 Å². The molecule has 3 rings (SSSR count). The molecule has 13 heteroatoms. The Kier molecular flexibility index (Phi) is 18.6. The number of esters is 2. The Labute approximate surface area is 320 Å². The first kappa shape index (κ1) is 44.6. The Morgan fingerprint density at radius 1 is 1.00 bits per heavy atom. The van der Waals surface area contributed by atoms with Gasteiger partial charge in [0.2, 0.25) is 11.8 Å². The maximum Gasteiger partial charge on any atom is 0.339 e. The summed E-state index contributed by atoms with van der Waals surface area (Å²) in [5.74, 6) is -2.71. The number of aliphatic hydroxyl groups is 2. The number of amides is 2. The van der Waals surface area contributed by atoms with Gasteiger partial charge in [0.25, 0.3) is 0 Å². The largest absolute Gasteiger partial charge is 0.499 e. The Morgan fingerprint density at radius 2 is 1.70 bits per heavy atom. The van der Waals surface area contributed by atoms with E-state index < -0.39 is 59.5 Å². The molecule has 1 saturated heterocycles. The fourth-order valence-electron chi connectivity index (χ4n) is 6.47. The average Bonchev–Trinajstić information content (AvgIpc) is 3.50. The third-order valence-corrected chi connectivity index (χ3v) is 9.12. The minimum absolute atomic E-state index is 0.0121. The minimum Gasteiger partial charge on any atom is -0.499 e. The molecule has 1 heterocycles. The molecule has 1 aromatic rings. The molecule has 0 unspecified atom stereocenters. The van der Waals surface area contributed by atoms with Crippen molar-refractivity contribution < 1.29 is 53.1 Å². The zero-order valence-electron chi connectivity index (χ0n) is 32.7. The van der Waals surface area contributed by atoms with Gasteiger partial charge in [-0.05, 0) is 63.8 Å². The van der Waals surface area contributed by atoms with Crippen LogP contribution >= 0.6 is 0 Å². The molecular weight excluding hydrogens is 696 g/mol. The number of rotatable bonds is 23. The summed E-state index contributed by atoms with van der Waals surface area (Å²) in [4.78, 5) is 52.1. The van der Waals surface area contributed by atoms with Gasteiger partial charge in [-0.3, -0.25) is 14.4 Å². The van der Waals surface area contributed by atoms with Crippen LogP contribution in [0.5, 0.6) is 0 Å². The maximum absolute atomic E-state index is 13.7. The van der Waals surface area contributed by atoms with Gasteiger partial charge in [0, 0.05) is 44.2 Å². The zero-order chi connectivity index (χ0) is 39.6. The topological polar surface area (TPSA) is 179 Å².